The molecule has 0 N–H and O–H groups in total. The summed E-state index contributed by atoms with van der Waals surface area (Å²) in [5, 5.41) is 0. The summed E-state index contributed by atoms with van der Waals surface area (Å²) in [4.78, 5) is 3.91. The molecule has 0 unspecified atom stereocenters. The largest absolute Gasteiger partial charge is 0.416 e. The van der Waals surface area contributed by atoms with Crippen LogP contribution in [-0.2, 0) is 6.18 Å². The van der Waals surface area contributed by atoms with Crippen molar-refractivity contribution in [3.05, 3.63) is 48.0 Å². The van der Waals surface area contributed by atoms with Crippen LogP contribution in [0.1, 0.15) is 30.9 Å². The fourth-order valence-corrected chi connectivity index (χ4v) is 1.83. The third kappa shape index (κ3) is 2.39. The number of rotatable bonds is 2. The van der Waals surface area contributed by atoms with Crippen molar-refractivity contribution in [2.24, 2.45) is 0 Å². The average Bonchev–Trinajstić information content (AvgIpc) is 2.80. The summed E-state index contributed by atoms with van der Waals surface area (Å²) >= 11 is 0. The lowest BCUT2D eigenvalue weighted by molar-refractivity contribution is -0.137. The first kappa shape index (κ1) is 12.7. The van der Waals surface area contributed by atoms with Crippen LogP contribution in [-0.4, -0.2) is 9.55 Å². The van der Waals surface area contributed by atoms with Crippen LogP contribution in [0.25, 0.3) is 5.69 Å². The summed E-state index contributed by atoms with van der Waals surface area (Å²) in [6.45, 7) is 3.74. The molecule has 1 aromatic heterocycles. The van der Waals surface area contributed by atoms with Crippen LogP contribution in [0.15, 0.2) is 36.9 Å². The molecule has 2 rings (SSSR count). The summed E-state index contributed by atoms with van der Waals surface area (Å²) in [5.41, 5.74) is 0.772. The fraction of sp³-hybridized carbons (Fsp3) is 0.308. The van der Waals surface area contributed by atoms with E-state index in [1.54, 1.807) is 23.3 Å². The summed E-state index contributed by atoms with van der Waals surface area (Å²) in [6, 6.07) is 3.79. The summed E-state index contributed by atoms with van der Waals surface area (Å²) in [7, 11) is 0. The first-order valence-electron chi connectivity index (χ1n) is 5.59. The van der Waals surface area contributed by atoms with E-state index in [0.717, 1.165) is 11.8 Å². The van der Waals surface area contributed by atoms with Crippen LogP contribution in [0, 0.1) is 0 Å². The van der Waals surface area contributed by atoms with Crippen molar-refractivity contribution in [2.45, 2.75) is 25.9 Å². The van der Waals surface area contributed by atoms with Crippen LogP contribution in [0.4, 0.5) is 13.2 Å². The molecule has 2 aromatic rings. The highest BCUT2D eigenvalue weighted by molar-refractivity contribution is 5.46. The van der Waals surface area contributed by atoms with Gasteiger partial charge in [0.15, 0.2) is 0 Å². The van der Waals surface area contributed by atoms with E-state index < -0.39 is 11.7 Å². The van der Waals surface area contributed by atoms with Gasteiger partial charge in [-0.2, -0.15) is 13.2 Å². The van der Waals surface area contributed by atoms with Gasteiger partial charge in [-0.1, -0.05) is 13.8 Å². The number of hydrogen-bond donors (Lipinski definition) is 0. The standard InChI is InChI=1S/C13H13F3N2/c1-9(2)11-7-10(13(14,15)16)3-4-12(11)18-6-5-17-8-18/h3-9H,1-2H3. The molecule has 0 amide bonds. The van der Waals surface area contributed by atoms with E-state index >= 15 is 0 Å². The maximum Gasteiger partial charge on any atom is 0.416 e. The SMILES string of the molecule is CC(C)c1cc(C(F)(F)F)ccc1-n1ccnc1. The van der Waals surface area contributed by atoms with E-state index in [1.165, 1.54) is 12.1 Å². The second kappa shape index (κ2) is 4.48. The lowest BCUT2D eigenvalue weighted by Gasteiger charge is -2.16. The van der Waals surface area contributed by atoms with E-state index in [2.05, 4.69) is 4.98 Å². The van der Waals surface area contributed by atoms with Gasteiger partial charge in [-0.05, 0) is 29.7 Å². The normalized spacial score (nSPS) is 12.1. The molecule has 0 radical (unpaired) electrons. The van der Waals surface area contributed by atoms with Crippen molar-refractivity contribution < 1.29 is 13.2 Å². The van der Waals surface area contributed by atoms with Gasteiger partial charge in [0, 0.05) is 18.1 Å². The van der Waals surface area contributed by atoms with Gasteiger partial charge in [0.2, 0.25) is 0 Å². The molecule has 0 saturated heterocycles. The van der Waals surface area contributed by atoms with E-state index in [-0.39, 0.29) is 5.92 Å². The number of imidazole rings is 1. The van der Waals surface area contributed by atoms with Crippen LogP contribution in [0.3, 0.4) is 0 Å². The lowest BCUT2D eigenvalue weighted by atomic mass is 9.98. The Hall–Kier alpha value is -1.78. The average molecular weight is 254 g/mol. The van der Waals surface area contributed by atoms with Gasteiger partial charge in [0.25, 0.3) is 0 Å². The van der Waals surface area contributed by atoms with Gasteiger partial charge in [-0.3, -0.25) is 0 Å². The minimum Gasteiger partial charge on any atom is -0.306 e. The van der Waals surface area contributed by atoms with Gasteiger partial charge >= 0.3 is 6.18 Å². The lowest BCUT2D eigenvalue weighted by Crippen LogP contribution is -2.08. The highest BCUT2D eigenvalue weighted by Gasteiger charge is 2.31. The fourth-order valence-electron chi connectivity index (χ4n) is 1.83. The van der Waals surface area contributed by atoms with E-state index in [0.29, 0.717) is 5.56 Å². The number of benzene rings is 1. The van der Waals surface area contributed by atoms with E-state index in [9.17, 15) is 13.2 Å². The molecular weight excluding hydrogens is 241 g/mol. The number of halogens is 3. The molecule has 18 heavy (non-hydrogen) atoms. The molecule has 2 nitrogen and oxygen atoms in total. The smallest absolute Gasteiger partial charge is 0.306 e. The topological polar surface area (TPSA) is 17.8 Å². The number of hydrogen-bond acceptors (Lipinski definition) is 1. The Morgan fingerprint density at radius 3 is 2.44 bits per heavy atom. The highest BCUT2D eigenvalue weighted by Crippen LogP contribution is 2.33. The Morgan fingerprint density at radius 1 is 1.22 bits per heavy atom. The van der Waals surface area contributed by atoms with Gasteiger partial charge < -0.3 is 4.57 Å². The van der Waals surface area contributed by atoms with Gasteiger partial charge in [0.05, 0.1) is 11.9 Å². The molecule has 0 aliphatic carbocycles. The molecule has 0 saturated carbocycles. The van der Waals surface area contributed by atoms with E-state index in [1.807, 2.05) is 13.8 Å². The zero-order valence-corrected chi connectivity index (χ0v) is 10.1. The van der Waals surface area contributed by atoms with Crippen LogP contribution in [0.5, 0.6) is 0 Å². The summed E-state index contributed by atoms with van der Waals surface area (Å²) in [5.74, 6) is 0.00435. The van der Waals surface area contributed by atoms with Crippen LogP contribution >= 0.6 is 0 Å². The molecule has 5 heteroatoms. The molecule has 0 bridgehead atoms. The van der Waals surface area contributed by atoms with Crippen molar-refractivity contribution in [3.63, 3.8) is 0 Å². The molecule has 0 atom stereocenters. The molecule has 1 aromatic carbocycles. The first-order chi connectivity index (χ1) is 8.39. The molecular formula is C13H13F3N2. The van der Waals surface area contributed by atoms with Crippen LogP contribution in [0.2, 0.25) is 0 Å². The predicted octanol–water partition coefficient (Wildman–Crippen LogP) is 4.01. The van der Waals surface area contributed by atoms with E-state index in [4.69, 9.17) is 0 Å². The maximum atomic E-state index is 12.7. The number of alkyl halides is 3. The Labute approximate surface area is 103 Å². The van der Waals surface area contributed by atoms with Crippen molar-refractivity contribution in [1.82, 2.24) is 9.55 Å². The molecule has 0 aliphatic rings. The molecule has 0 spiro atoms. The quantitative estimate of drug-likeness (QED) is 0.791. The minimum atomic E-state index is -4.31. The monoisotopic (exact) mass is 254 g/mol. The van der Waals surface area contributed by atoms with Crippen molar-refractivity contribution in [1.29, 1.82) is 0 Å². The maximum absolute atomic E-state index is 12.7. The predicted molar refractivity (Wildman–Crippen MR) is 62.7 cm³/mol. The first-order valence-corrected chi connectivity index (χ1v) is 5.59. The van der Waals surface area contributed by atoms with Crippen molar-refractivity contribution in [2.75, 3.05) is 0 Å². The second-order valence-corrected chi connectivity index (χ2v) is 4.40. The molecule has 0 aliphatic heterocycles. The summed E-state index contributed by atoms with van der Waals surface area (Å²) < 4.78 is 39.8. The third-order valence-corrected chi connectivity index (χ3v) is 2.76. The van der Waals surface area contributed by atoms with Crippen molar-refractivity contribution in [3.8, 4) is 5.69 Å². The number of nitrogens with zero attached hydrogens (tertiary/aromatic N) is 2. The third-order valence-electron chi connectivity index (χ3n) is 2.76. The zero-order chi connectivity index (χ0) is 13.3. The Bertz CT molecular complexity index is 528. The molecule has 1 heterocycles. The Balaban J connectivity index is 2.56. The van der Waals surface area contributed by atoms with Gasteiger partial charge in [-0.25, -0.2) is 4.98 Å². The van der Waals surface area contributed by atoms with Gasteiger partial charge in [0.1, 0.15) is 0 Å². The Morgan fingerprint density at radius 2 is 1.94 bits per heavy atom. The summed E-state index contributed by atoms with van der Waals surface area (Å²) in [6.07, 6.45) is 0.585. The Kier molecular flexibility index (Phi) is 3.15. The molecule has 96 valence electrons. The van der Waals surface area contributed by atoms with Crippen LogP contribution < -0.4 is 0 Å². The number of aromatic nitrogens is 2. The second-order valence-electron chi connectivity index (χ2n) is 4.40. The molecule has 0 fully saturated rings. The minimum absolute atomic E-state index is 0.00435. The van der Waals surface area contributed by atoms with Gasteiger partial charge in [-0.15, -0.1) is 0 Å². The van der Waals surface area contributed by atoms with Crippen molar-refractivity contribution >= 4 is 0 Å². The highest BCUT2D eigenvalue weighted by atomic mass is 19.4. The zero-order valence-electron chi connectivity index (χ0n) is 10.1.